The van der Waals surface area contributed by atoms with Crippen LogP contribution in [-0.4, -0.2) is 18.0 Å². The number of alkyl halides is 1. The molecule has 0 aliphatic carbocycles. The summed E-state index contributed by atoms with van der Waals surface area (Å²) in [6, 6.07) is 8.53. The average Bonchev–Trinajstić information content (AvgIpc) is 2.83. The molecule has 0 radical (unpaired) electrons. The first-order chi connectivity index (χ1) is 8.66. The predicted octanol–water partition coefficient (Wildman–Crippen LogP) is 1.05. The van der Waals surface area contributed by atoms with Crippen LogP contribution in [0.15, 0.2) is 24.3 Å². The Morgan fingerprint density at radius 1 is 1.11 bits per heavy atom. The first-order valence-corrected chi connectivity index (χ1v) is 5.92. The van der Waals surface area contributed by atoms with E-state index >= 15 is 0 Å². The van der Waals surface area contributed by atoms with Crippen LogP contribution in [0.25, 0.3) is 0 Å². The Bertz CT molecular complexity index is 439. The summed E-state index contributed by atoms with van der Waals surface area (Å²) in [7, 11) is 0. The number of rotatable bonds is 0. The van der Waals surface area contributed by atoms with Gasteiger partial charge in [0.05, 0.1) is 0 Å². The molecule has 1 aromatic carbocycles. The Labute approximate surface area is 105 Å². The number of carbonyl (C=O) groups excluding carboxylic acids is 2. The van der Waals surface area contributed by atoms with Crippen molar-refractivity contribution in [1.29, 1.82) is 0 Å². The molecule has 2 amide bonds. The topological polar surface area (TPSA) is 58.2 Å². The van der Waals surface area contributed by atoms with Crippen LogP contribution in [0, 0.1) is 0 Å². The maximum atomic E-state index is 12.2. The minimum absolute atomic E-state index is 0.0324. The van der Waals surface area contributed by atoms with Crippen LogP contribution in [-0.2, 0) is 22.7 Å². The maximum absolute atomic E-state index is 12.2. The Hall–Kier alpha value is -1.75. The SMILES string of the molecule is O=C1CCC(F)C(=O)N1.c1ccc2c(c1)CNC2. The number of piperidine rings is 1. The van der Waals surface area contributed by atoms with Gasteiger partial charge in [-0.05, 0) is 17.5 Å². The lowest BCUT2D eigenvalue weighted by Gasteiger charge is -2.12. The summed E-state index contributed by atoms with van der Waals surface area (Å²) in [6.45, 7) is 2.10. The summed E-state index contributed by atoms with van der Waals surface area (Å²) in [5.74, 6) is -1.18. The molecule has 1 aromatic rings. The molecule has 2 heterocycles. The summed E-state index contributed by atoms with van der Waals surface area (Å²) in [5.41, 5.74) is 2.91. The van der Waals surface area contributed by atoms with Crippen molar-refractivity contribution in [1.82, 2.24) is 10.6 Å². The largest absolute Gasteiger partial charge is 0.309 e. The predicted molar refractivity (Wildman–Crippen MR) is 64.3 cm³/mol. The number of nitrogens with one attached hydrogen (secondary N) is 2. The van der Waals surface area contributed by atoms with Crippen LogP contribution in [0.5, 0.6) is 0 Å². The molecule has 5 heteroatoms. The van der Waals surface area contributed by atoms with Gasteiger partial charge in [0.25, 0.3) is 5.91 Å². The second-order valence-corrected chi connectivity index (χ2v) is 4.29. The molecule has 2 aliphatic heterocycles. The van der Waals surface area contributed by atoms with Crippen molar-refractivity contribution in [3.8, 4) is 0 Å². The number of imide groups is 1. The van der Waals surface area contributed by atoms with Gasteiger partial charge in [0, 0.05) is 19.5 Å². The number of hydrogen-bond acceptors (Lipinski definition) is 3. The zero-order valence-corrected chi connectivity index (χ0v) is 9.91. The van der Waals surface area contributed by atoms with E-state index in [9.17, 15) is 14.0 Å². The molecule has 1 atom stereocenters. The molecule has 0 saturated carbocycles. The monoisotopic (exact) mass is 250 g/mol. The van der Waals surface area contributed by atoms with Gasteiger partial charge in [-0.25, -0.2) is 4.39 Å². The number of amides is 2. The van der Waals surface area contributed by atoms with Gasteiger partial charge in [-0.15, -0.1) is 0 Å². The molecular formula is C13H15FN2O2. The second kappa shape index (κ2) is 5.73. The van der Waals surface area contributed by atoms with Gasteiger partial charge >= 0.3 is 0 Å². The summed E-state index contributed by atoms with van der Waals surface area (Å²) in [6.07, 6.45) is -1.33. The third-order valence-electron chi connectivity index (χ3n) is 2.92. The van der Waals surface area contributed by atoms with Gasteiger partial charge < -0.3 is 5.32 Å². The number of benzene rings is 1. The highest BCUT2D eigenvalue weighted by Gasteiger charge is 2.25. The number of fused-ring (bicyclic) bond motifs is 1. The number of carbonyl (C=O) groups is 2. The van der Waals surface area contributed by atoms with Crippen molar-refractivity contribution < 1.29 is 14.0 Å². The Balaban J connectivity index is 0.000000134. The average molecular weight is 250 g/mol. The molecule has 1 unspecified atom stereocenters. The van der Waals surface area contributed by atoms with Crippen LogP contribution in [0.1, 0.15) is 24.0 Å². The van der Waals surface area contributed by atoms with E-state index in [4.69, 9.17) is 0 Å². The van der Waals surface area contributed by atoms with Crippen molar-refractivity contribution in [3.63, 3.8) is 0 Å². The van der Waals surface area contributed by atoms with Crippen molar-refractivity contribution in [2.24, 2.45) is 0 Å². The summed E-state index contributed by atoms with van der Waals surface area (Å²) >= 11 is 0. The third-order valence-corrected chi connectivity index (χ3v) is 2.92. The van der Waals surface area contributed by atoms with Gasteiger partial charge in [0.15, 0.2) is 6.17 Å². The summed E-state index contributed by atoms with van der Waals surface area (Å²) in [5, 5.41) is 5.16. The highest BCUT2D eigenvalue weighted by Crippen LogP contribution is 2.13. The van der Waals surface area contributed by atoms with E-state index in [1.165, 1.54) is 11.1 Å². The first-order valence-electron chi connectivity index (χ1n) is 5.92. The fourth-order valence-corrected chi connectivity index (χ4v) is 1.90. The quantitative estimate of drug-likeness (QED) is 0.677. The van der Waals surface area contributed by atoms with E-state index in [2.05, 4.69) is 29.6 Å². The summed E-state index contributed by atoms with van der Waals surface area (Å²) < 4.78 is 12.2. The molecule has 2 aliphatic rings. The van der Waals surface area contributed by atoms with E-state index in [0.717, 1.165) is 13.1 Å². The number of halogens is 1. The second-order valence-electron chi connectivity index (χ2n) is 4.29. The third kappa shape index (κ3) is 3.13. The fourth-order valence-electron chi connectivity index (χ4n) is 1.90. The van der Waals surface area contributed by atoms with E-state index in [0.29, 0.717) is 0 Å². The molecule has 96 valence electrons. The minimum Gasteiger partial charge on any atom is -0.309 e. The first kappa shape index (κ1) is 12.7. The fraction of sp³-hybridized carbons (Fsp3) is 0.385. The molecule has 1 saturated heterocycles. The molecule has 3 rings (SSSR count). The lowest BCUT2D eigenvalue weighted by molar-refractivity contribution is -0.137. The summed E-state index contributed by atoms with van der Waals surface area (Å²) in [4.78, 5) is 20.6. The van der Waals surface area contributed by atoms with E-state index in [1.54, 1.807) is 0 Å². The van der Waals surface area contributed by atoms with E-state index in [1.807, 2.05) is 5.32 Å². The van der Waals surface area contributed by atoms with E-state index < -0.39 is 12.1 Å². The Morgan fingerprint density at radius 3 is 2.22 bits per heavy atom. The van der Waals surface area contributed by atoms with Gasteiger partial charge in [0.2, 0.25) is 5.91 Å². The molecule has 0 bridgehead atoms. The molecule has 18 heavy (non-hydrogen) atoms. The van der Waals surface area contributed by atoms with Crippen LogP contribution in [0.3, 0.4) is 0 Å². The lowest BCUT2D eigenvalue weighted by Crippen LogP contribution is -2.41. The van der Waals surface area contributed by atoms with E-state index in [-0.39, 0.29) is 18.7 Å². The minimum atomic E-state index is -1.48. The zero-order valence-electron chi connectivity index (χ0n) is 9.91. The zero-order chi connectivity index (χ0) is 13.0. The van der Waals surface area contributed by atoms with Crippen LogP contribution < -0.4 is 10.6 Å². The maximum Gasteiger partial charge on any atom is 0.261 e. The van der Waals surface area contributed by atoms with Gasteiger partial charge in [-0.1, -0.05) is 24.3 Å². The van der Waals surface area contributed by atoms with Crippen molar-refractivity contribution in [3.05, 3.63) is 35.4 Å². The van der Waals surface area contributed by atoms with Crippen LogP contribution >= 0.6 is 0 Å². The Kier molecular flexibility index (Phi) is 4.04. The van der Waals surface area contributed by atoms with Gasteiger partial charge in [-0.3, -0.25) is 14.9 Å². The highest BCUT2D eigenvalue weighted by molar-refractivity contribution is 5.99. The Morgan fingerprint density at radius 2 is 1.72 bits per heavy atom. The molecule has 1 fully saturated rings. The molecule has 0 spiro atoms. The van der Waals surface area contributed by atoms with Gasteiger partial charge in [-0.2, -0.15) is 0 Å². The van der Waals surface area contributed by atoms with Gasteiger partial charge in [0.1, 0.15) is 0 Å². The molecular weight excluding hydrogens is 235 g/mol. The molecule has 2 N–H and O–H groups in total. The molecule has 0 aromatic heterocycles. The van der Waals surface area contributed by atoms with Crippen LogP contribution in [0.4, 0.5) is 4.39 Å². The highest BCUT2D eigenvalue weighted by atomic mass is 19.1. The van der Waals surface area contributed by atoms with Crippen LogP contribution in [0.2, 0.25) is 0 Å². The normalized spacial score (nSPS) is 21.7. The lowest BCUT2D eigenvalue weighted by atomic mass is 10.1. The smallest absolute Gasteiger partial charge is 0.261 e. The van der Waals surface area contributed by atoms with Crippen molar-refractivity contribution in [2.45, 2.75) is 32.1 Å². The van der Waals surface area contributed by atoms with Crippen molar-refractivity contribution >= 4 is 11.8 Å². The van der Waals surface area contributed by atoms with Crippen molar-refractivity contribution in [2.75, 3.05) is 0 Å². The standard InChI is InChI=1S/C8H9N.C5H6FNO2/c1-2-4-8-6-9-5-7(8)3-1;6-3-1-2-4(8)7-5(3)9/h1-4,9H,5-6H2;3H,1-2H2,(H,7,8,9). The number of hydrogen-bond donors (Lipinski definition) is 2. The molecule has 4 nitrogen and oxygen atoms in total.